The van der Waals surface area contributed by atoms with Crippen LogP contribution >= 0.6 is 11.8 Å². The Balaban J connectivity index is 1.48. The molecule has 0 bridgehead atoms. The van der Waals surface area contributed by atoms with Gasteiger partial charge in [-0.3, -0.25) is 4.79 Å². The molecule has 3 aromatic heterocycles. The second kappa shape index (κ2) is 10.0. The van der Waals surface area contributed by atoms with E-state index in [1.165, 1.54) is 11.8 Å². The Labute approximate surface area is 196 Å². The first kappa shape index (κ1) is 22.8. The molecule has 0 saturated carbocycles. The van der Waals surface area contributed by atoms with Gasteiger partial charge >= 0.3 is 0 Å². The number of carbonyl (C=O) groups excluding carboxylic acids is 1. The van der Waals surface area contributed by atoms with Gasteiger partial charge in [0.25, 0.3) is 5.78 Å². The highest BCUT2D eigenvalue weighted by molar-refractivity contribution is 7.99. The third-order valence-corrected chi connectivity index (χ3v) is 6.01. The predicted octanol–water partition coefficient (Wildman–Crippen LogP) is 2.50. The Morgan fingerprint density at radius 3 is 2.61 bits per heavy atom. The van der Waals surface area contributed by atoms with E-state index in [4.69, 9.17) is 4.98 Å². The lowest BCUT2D eigenvalue weighted by Gasteiger charge is -2.17. The van der Waals surface area contributed by atoms with Crippen LogP contribution in [0.5, 0.6) is 0 Å². The highest BCUT2D eigenvalue weighted by Gasteiger charge is 2.19. The zero-order valence-electron chi connectivity index (χ0n) is 19.2. The van der Waals surface area contributed by atoms with Gasteiger partial charge < -0.3 is 20.1 Å². The van der Waals surface area contributed by atoms with Crippen molar-refractivity contribution in [2.45, 2.75) is 39.0 Å². The summed E-state index contributed by atoms with van der Waals surface area (Å²) in [6, 6.07) is 8.01. The lowest BCUT2D eigenvalue weighted by Crippen LogP contribution is -2.29. The van der Waals surface area contributed by atoms with Gasteiger partial charge in [-0.05, 0) is 32.9 Å². The fourth-order valence-electron chi connectivity index (χ4n) is 3.53. The van der Waals surface area contributed by atoms with E-state index in [0.29, 0.717) is 42.5 Å². The maximum atomic E-state index is 12.9. The highest BCUT2D eigenvalue weighted by Crippen LogP contribution is 2.22. The molecule has 0 spiro atoms. The number of thioether (sulfide) groups is 1. The van der Waals surface area contributed by atoms with Crippen LogP contribution in [0.15, 0.2) is 29.4 Å². The Kier molecular flexibility index (Phi) is 6.92. The molecule has 0 aliphatic carbocycles. The van der Waals surface area contributed by atoms with Crippen molar-refractivity contribution in [3.05, 3.63) is 30.1 Å². The summed E-state index contributed by atoms with van der Waals surface area (Å²) in [6.07, 6.45) is 0. The summed E-state index contributed by atoms with van der Waals surface area (Å²) in [7, 11) is 1.79. The number of hydrogen-bond acceptors (Lipinski definition) is 9. The minimum Gasteiger partial charge on any atom is -0.355 e. The highest BCUT2D eigenvalue weighted by atomic mass is 32.2. The predicted molar refractivity (Wildman–Crippen MR) is 130 cm³/mol. The number of hydrogen-bond donors (Lipinski definition) is 2. The molecular formula is C21H28N10OS. The van der Waals surface area contributed by atoms with Crippen LogP contribution in [0.25, 0.3) is 16.8 Å². The molecule has 2 N–H and O–H groups in total. The molecule has 0 atom stereocenters. The zero-order chi connectivity index (χ0) is 23.4. The smallest absolute Gasteiger partial charge is 0.261 e. The van der Waals surface area contributed by atoms with Gasteiger partial charge in [0, 0.05) is 26.7 Å². The number of aromatic nitrogens is 7. The first-order chi connectivity index (χ1) is 16.0. The molecule has 1 amide bonds. The van der Waals surface area contributed by atoms with Crippen LogP contribution < -0.4 is 10.6 Å². The van der Waals surface area contributed by atoms with Crippen molar-refractivity contribution in [1.29, 1.82) is 0 Å². The minimum absolute atomic E-state index is 0.0263. The molecule has 0 fully saturated rings. The van der Waals surface area contributed by atoms with E-state index in [-0.39, 0.29) is 11.7 Å². The molecule has 4 aromatic rings. The normalized spacial score (nSPS) is 11.3. The average molecular weight is 469 g/mol. The number of imidazole rings is 1. The molecule has 0 aliphatic rings. The molecule has 0 radical (unpaired) electrons. The number of rotatable bonds is 10. The molecular weight excluding hydrogens is 440 g/mol. The second-order valence-corrected chi connectivity index (χ2v) is 8.29. The van der Waals surface area contributed by atoms with Crippen LogP contribution in [-0.2, 0) is 17.9 Å². The molecule has 0 aliphatic heterocycles. The number of nitrogens with one attached hydrogen (secondary N) is 2. The minimum atomic E-state index is -0.0263. The molecule has 174 valence electrons. The molecule has 0 saturated heterocycles. The molecule has 1 aromatic carbocycles. The molecule has 3 heterocycles. The fourth-order valence-corrected chi connectivity index (χ4v) is 4.40. The first-order valence-corrected chi connectivity index (χ1v) is 12.0. The van der Waals surface area contributed by atoms with Gasteiger partial charge in [-0.15, -0.1) is 10.2 Å². The molecule has 4 rings (SSSR count). The summed E-state index contributed by atoms with van der Waals surface area (Å²) < 4.78 is 3.87. The van der Waals surface area contributed by atoms with Gasteiger partial charge in [0.05, 0.1) is 23.3 Å². The van der Waals surface area contributed by atoms with E-state index in [9.17, 15) is 4.79 Å². The van der Waals surface area contributed by atoms with Gasteiger partial charge in [0.2, 0.25) is 17.8 Å². The molecule has 12 heteroatoms. The summed E-state index contributed by atoms with van der Waals surface area (Å²) >= 11 is 1.31. The van der Waals surface area contributed by atoms with Crippen LogP contribution in [0.1, 0.15) is 26.6 Å². The summed E-state index contributed by atoms with van der Waals surface area (Å²) in [5.41, 5.74) is 2.01. The molecule has 33 heavy (non-hydrogen) atoms. The van der Waals surface area contributed by atoms with Gasteiger partial charge in [-0.2, -0.15) is 9.97 Å². The van der Waals surface area contributed by atoms with Crippen LogP contribution in [0.2, 0.25) is 0 Å². The van der Waals surface area contributed by atoms with Crippen molar-refractivity contribution in [2.75, 3.05) is 36.5 Å². The number of anilines is 2. The van der Waals surface area contributed by atoms with E-state index in [1.54, 1.807) is 16.3 Å². The van der Waals surface area contributed by atoms with Gasteiger partial charge in [-0.1, -0.05) is 23.9 Å². The van der Waals surface area contributed by atoms with E-state index < -0.39 is 0 Å². The van der Waals surface area contributed by atoms with E-state index >= 15 is 0 Å². The Hall–Kier alpha value is -3.41. The molecule has 11 nitrogen and oxygen atoms in total. The third-order valence-electron chi connectivity index (χ3n) is 5.09. The van der Waals surface area contributed by atoms with Crippen molar-refractivity contribution in [1.82, 2.24) is 39.0 Å². The Morgan fingerprint density at radius 2 is 1.85 bits per heavy atom. The number of fused-ring (bicyclic) bond motifs is 2. The van der Waals surface area contributed by atoms with Crippen LogP contribution in [0.3, 0.4) is 0 Å². The third kappa shape index (κ3) is 4.70. The first-order valence-electron chi connectivity index (χ1n) is 11.0. The van der Waals surface area contributed by atoms with Crippen molar-refractivity contribution in [3.63, 3.8) is 0 Å². The van der Waals surface area contributed by atoms with Crippen molar-refractivity contribution in [3.8, 4) is 0 Å². The summed E-state index contributed by atoms with van der Waals surface area (Å²) in [5, 5.41) is 15.3. The number of benzene rings is 1. The standard InChI is InChI=1S/C21H28N10OS/c1-5-22-18-25-19(23-6-2)31-20(26-18)27-28-21(31)33-13-17(32)29(4)12-16-24-14-10-8-9-11-15(14)30(16)7-3/h8-11H,5-7,12-13H2,1-4H3,(H2,22,23,25,26,27). The summed E-state index contributed by atoms with van der Waals surface area (Å²) in [5.74, 6) is 2.55. The Morgan fingerprint density at radius 1 is 1.06 bits per heavy atom. The van der Waals surface area contributed by atoms with Crippen LogP contribution in [0, 0.1) is 0 Å². The number of carbonyl (C=O) groups is 1. The van der Waals surface area contributed by atoms with E-state index in [0.717, 1.165) is 23.4 Å². The van der Waals surface area contributed by atoms with Crippen LogP contribution in [-0.4, -0.2) is 70.8 Å². The van der Waals surface area contributed by atoms with Crippen molar-refractivity contribution >= 4 is 46.4 Å². The van der Waals surface area contributed by atoms with Gasteiger partial charge in [0.1, 0.15) is 5.82 Å². The summed E-state index contributed by atoms with van der Waals surface area (Å²) in [4.78, 5) is 28.2. The average Bonchev–Trinajstić information content (AvgIpc) is 3.38. The summed E-state index contributed by atoms with van der Waals surface area (Å²) in [6.45, 7) is 8.64. The Bertz CT molecular complexity index is 1270. The van der Waals surface area contributed by atoms with Crippen molar-refractivity contribution in [2.24, 2.45) is 0 Å². The maximum Gasteiger partial charge on any atom is 0.261 e. The van der Waals surface area contributed by atoms with Crippen molar-refractivity contribution < 1.29 is 4.79 Å². The van der Waals surface area contributed by atoms with Crippen LogP contribution in [0.4, 0.5) is 11.9 Å². The number of amides is 1. The zero-order valence-corrected chi connectivity index (χ0v) is 20.1. The number of aryl methyl sites for hydroxylation is 1. The number of para-hydroxylation sites is 2. The largest absolute Gasteiger partial charge is 0.355 e. The lowest BCUT2D eigenvalue weighted by atomic mass is 10.3. The maximum absolute atomic E-state index is 12.9. The second-order valence-electron chi connectivity index (χ2n) is 7.35. The number of nitrogens with zero attached hydrogens (tertiary/aromatic N) is 8. The van der Waals surface area contributed by atoms with Gasteiger partial charge in [-0.25, -0.2) is 9.38 Å². The fraction of sp³-hybridized carbons (Fsp3) is 0.429. The lowest BCUT2D eigenvalue weighted by molar-refractivity contribution is -0.127. The van der Waals surface area contributed by atoms with E-state index in [2.05, 4.69) is 48.4 Å². The quantitative estimate of drug-likeness (QED) is 0.338. The SMILES string of the molecule is CCNc1nc(NCC)n2c(SCC(=O)N(C)Cc3nc4ccccc4n3CC)nnc2n1. The van der Waals surface area contributed by atoms with Gasteiger partial charge in [0.15, 0.2) is 5.16 Å². The topological polar surface area (TPSA) is 118 Å². The van der Waals surface area contributed by atoms with E-state index in [1.807, 2.05) is 32.0 Å². The monoisotopic (exact) mass is 468 g/mol. The molecule has 0 unspecified atom stereocenters.